The van der Waals surface area contributed by atoms with E-state index < -0.39 is 60.2 Å². The molecule has 5 amide bonds. The Kier molecular flexibility index (Phi) is 18.6. The largest absolute Gasteiger partial charge is 0.465 e. The van der Waals surface area contributed by atoms with Crippen LogP contribution in [0.15, 0.2) is 88.3 Å². The number of aryl methyl sites for hydroxylation is 1. The predicted molar refractivity (Wildman–Crippen MR) is 324 cm³/mol. The van der Waals surface area contributed by atoms with Gasteiger partial charge in [0.2, 0.25) is 11.8 Å². The number of aliphatic hydroxyl groups is 1. The predicted octanol–water partition coefficient (Wildman–Crippen LogP) is 9.24. The van der Waals surface area contributed by atoms with Crippen molar-refractivity contribution in [1.29, 1.82) is 0 Å². The summed E-state index contributed by atoms with van der Waals surface area (Å²) in [5.41, 5.74) is 3.41. The first kappa shape index (κ1) is 59.9. The van der Waals surface area contributed by atoms with Crippen molar-refractivity contribution < 1.29 is 48.1 Å². The van der Waals surface area contributed by atoms with Crippen LogP contribution in [0.3, 0.4) is 0 Å². The number of hydrogen-bond donors (Lipinski definition) is 6. The number of amides is 5. The lowest BCUT2D eigenvalue weighted by molar-refractivity contribution is -0.122. The zero-order chi connectivity index (χ0) is 60.1. The molecule has 10 bridgehead atoms. The molecule has 1 aliphatic heterocycles. The number of ketones is 1. The van der Waals surface area contributed by atoms with Crippen molar-refractivity contribution in [3.05, 3.63) is 147 Å². The van der Waals surface area contributed by atoms with Crippen LogP contribution in [0, 0.1) is 12.8 Å². The van der Waals surface area contributed by atoms with Gasteiger partial charge in [-0.2, -0.15) is 0 Å². The van der Waals surface area contributed by atoms with E-state index >= 15 is 0 Å². The van der Waals surface area contributed by atoms with E-state index in [1.165, 1.54) is 114 Å². The molecular formula is C57H52N12O10S6. The SMILES string of the molecule is CNC(=O)C[C@@H]1NC(=O)c2csc(n2)-c2ccc(-c3nc(NC(=O)c4ccc(C(=O)OC)cc4)cs3)nc2-c2csc(n2)-c2csc(n2)[C@H]([C@@H](O)c2ccccc2)NC(=O)CNC(=O)c2nc(sc2COC)[C@@H](C(C)C)CC(=O)c2nc1sc2C. The van der Waals surface area contributed by atoms with Gasteiger partial charge in [0.05, 0.1) is 53.9 Å². The molecule has 1 aliphatic rings. The molecule has 22 nitrogen and oxygen atoms in total. The van der Waals surface area contributed by atoms with Crippen LogP contribution in [0.25, 0.3) is 43.4 Å². The van der Waals surface area contributed by atoms with Gasteiger partial charge >= 0.3 is 5.97 Å². The van der Waals surface area contributed by atoms with Gasteiger partial charge in [0.1, 0.15) is 77.2 Å². The van der Waals surface area contributed by atoms with E-state index in [1.807, 2.05) is 13.8 Å². The summed E-state index contributed by atoms with van der Waals surface area (Å²) in [5.74, 6) is -3.95. The number of aliphatic hydroxyl groups excluding tert-OH is 1. The Labute approximate surface area is 509 Å². The number of carbonyl (C=O) groups excluding carboxylic acids is 7. The molecule has 4 atom stereocenters. The van der Waals surface area contributed by atoms with Crippen molar-refractivity contribution in [2.24, 2.45) is 5.92 Å². The molecule has 0 saturated heterocycles. The van der Waals surface area contributed by atoms with Crippen LogP contribution < -0.4 is 26.6 Å². The van der Waals surface area contributed by atoms with E-state index in [-0.39, 0.29) is 71.1 Å². The zero-order valence-corrected chi connectivity index (χ0v) is 51.0. The number of nitrogens with one attached hydrogen (secondary N) is 5. The highest BCUT2D eigenvalue weighted by atomic mass is 32.1. The number of ether oxygens (including phenoxy) is 2. The van der Waals surface area contributed by atoms with Gasteiger partial charge in [-0.15, -0.1) is 68.0 Å². The number of nitrogens with zero attached hydrogens (tertiary/aromatic N) is 7. The van der Waals surface area contributed by atoms with Crippen molar-refractivity contribution in [2.75, 3.05) is 33.1 Å². The number of hydrogen-bond acceptors (Lipinski definition) is 23. The maximum absolute atomic E-state index is 14.4. The second-order valence-electron chi connectivity index (χ2n) is 19.5. The molecule has 0 radical (unpaired) electrons. The van der Waals surface area contributed by atoms with Gasteiger partial charge in [0, 0.05) is 64.0 Å². The molecule has 8 heterocycles. The van der Waals surface area contributed by atoms with Crippen molar-refractivity contribution in [2.45, 2.75) is 64.3 Å². The second kappa shape index (κ2) is 26.4. The Morgan fingerprint density at radius 2 is 1.39 bits per heavy atom. The molecular weight excluding hydrogens is 1210 g/mol. The summed E-state index contributed by atoms with van der Waals surface area (Å²) in [4.78, 5) is 130. The second-order valence-corrected chi connectivity index (χ2v) is 25.3. The number of carbonyl (C=O) groups is 7. The Morgan fingerprint density at radius 3 is 2.13 bits per heavy atom. The van der Waals surface area contributed by atoms with Gasteiger partial charge in [-0.1, -0.05) is 44.2 Å². The third kappa shape index (κ3) is 13.5. The summed E-state index contributed by atoms with van der Waals surface area (Å²) < 4.78 is 10.2. The van der Waals surface area contributed by atoms with Crippen molar-refractivity contribution in [3.63, 3.8) is 0 Å². The Balaban J connectivity index is 1.04. The lowest BCUT2D eigenvalue weighted by Crippen LogP contribution is -2.40. The van der Waals surface area contributed by atoms with Crippen LogP contribution >= 0.6 is 68.0 Å². The fraction of sp³-hybridized carbons (Fsp3) is 0.263. The van der Waals surface area contributed by atoms with E-state index in [4.69, 9.17) is 39.4 Å². The number of pyridine rings is 1. The number of anilines is 1. The lowest BCUT2D eigenvalue weighted by atomic mass is 9.90. The highest BCUT2D eigenvalue weighted by Crippen LogP contribution is 2.41. The summed E-state index contributed by atoms with van der Waals surface area (Å²) in [7, 11) is 4.23. The zero-order valence-electron chi connectivity index (χ0n) is 46.1. The molecule has 436 valence electrons. The Bertz CT molecular complexity index is 3980. The summed E-state index contributed by atoms with van der Waals surface area (Å²) in [5, 5.41) is 35.1. The van der Waals surface area contributed by atoms with E-state index in [2.05, 4.69) is 31.6 Å². The van der Waals surface area contributed by atoms with E-state index in [0.717, 1.165) is 0 Å². The first-order valence-corrected chi connectivity index (χ1v) is 31.3. The first-order valence-electron chi connectivity index (χ1n) is 26.1. The number of methoxy groups -OCH3 is 2. The Morgan fingerprint density at radius 1 is 0.694 bits per heavy atom. The number of Topliss-reactive ketones (excluding diaryl/α,β-unsaturated/α-hetero) is 1. The average molecular weight is 1260 g/mol. The third-order valence-corrected chi connectivity index (χ3v) is 19.2. The minimum absolute atomic E-state index is 0.0267. The smallest absolute Gasteiger partial charge is 0.337 e. The van der Waals surface area contributed by atoms with Gasteiger partial charge in [-0.3, -0.25) is 28.8 Å². The minimum Gasteiger partial charge on any atom is -0.465 e. The minimum atomic E-state index is -1.28. The number of esters is 1. The number of benzene rings is 2. The highest BCUT2D eigenvalue weighted by Gasteiger charge is 2.33. The molecule has 2 aromatic carbocycles. The maximum atomic E-state index is 14.4. The van der Waals surface area contributed by atoms with Crippen molar-refractivity contribution >= 4 is 115 Å². The van der Waals surface area contributed by atoms with Gasteiger partial charge in [0.15, 0.2) is 5.78 Å². The van der Waals surface area contributed by atoms with Crippen LogP contribution in [0.2, 0.25) is 0 Å². The molecule has 10 rings (SSSR count). The lowest BCUT2D eigenvalue weighted by Gasteiger charge is -2.23. The normalized spacial score (nSPS) is 16.2. The topological polar surface area (TPSA) is 309 Å². The summed E-state index contributed by atoms with van der Waals surface area (Å²) in [6.45, 7) is 5.16. The van der Waals surface area contributed by atoms with Crippen LogP contribution in [-0.4, -0.2) is 109 Å². The van der Waals surface area contributed by atoms with E-state index in [1.54, 1.807) is 70.9 Å². The van der Waals surface area contributed by atoms with Gasteiger partial charge < -0.3 is 41.2 Å². The third-order valence-electron chi connectivity index (χ3n) is 13.4. The van der Waals surface area contributed by atoms with Gasteiger partial charge in [0.25, 0.3) is 17.7 Å². The maximum Gasteiger partial charge on any atom is 0.337 e. The van der Waals surface area contributed by atoms with Gasteiger partial charge in [-0.25, -0.2) is 39.7 Å². The summed E-state index contributed by atoms with van der Waals surface area (Å²) >= 11 is 7.26. The summed E-state index contributed by atoms with van der Waals surface area (Å²) in [6.07, 6.45) is -1.52. The van der Waals surface area contributed by atoms with Crippen LogP contribution in [-0.2, 0) is 25.7 Å². The van der Waals surface area contributed by atoms with E-state index in [9.17, 15) is 38.7 Å². The fourth-order valence-electron chi connectivity index (χ4n) is 8.96. The Hall–Kier alpha value is -8.22. The fourth-order valence-corrected chi connectivity index (χ4v) is 14.5. The number of rotatable bonds is 11. The molecule has 9 aromatic rings. The quantitative estimate of drug-likeness (QED) is 0.0657. The van der Waals surface area contributed by atoms with Crippen LogP contribution in [0.1, 0.15) is 133 Å². The monoisotopic (exact) mass is 1260 g/mol. The van der Waals surface area contributed by atoms with Crippen LogP contribution in [0.5, 0.6) is 0 Å². The molecule has 0 aliphatic carbocycles. The highest BCUT2D eigenvalue weighted by molar-refractivity contribution is 7.15. The average Bonchev–Trinajstić information content (AvgIpc) is 4.07. The molecule has 0 unspecified atom stereocenters. The van der Waals surface area contributed by atoms with E-state index in [0.29, 0.717) is 73.7 Å². The molecule has 7 aromatic heterocycles. The standard InChI is InChI=1S/C57H52N12O10S6/c1-26(2)32-18-38(70)43-27(3)84-55(68-43)34(19-41(71)58-4)61-49(75)36-23-80-51(63-36)31-16-17-33(53-66-40(25-83-53)65-48(74)29-12-14-30(15-13-29)57(77)79-6)60-44(31)35-22-81-54(62-35)37-24-82-56(64-37)46(47(73)28-10-8-7-9-11-28)67-42(72)20-59-50(76)45-39(21-78-5)85-52(32)69-45/h7-17,22-26,32,34,46-47,73H,18-21H2,1-6H3,(H,58,71)(H,59,76)(H,61,75)(H,65,74)(H,67,72)/t32-,34+,46+,47+/m1/s1. The van der Waals surface area contributed by atoms with Crippen LogP contribution in [0.4, 0.5) is 5.82 Å². The molecule has 28 heteroatoms. The van der Waals surface area contributed by atoms with Crippen molar-refractivity contribution in [3.8, 4) is 43.4 Å². The summed E-state index contributed by atoms with van der Waals surface area (Å²) in [6, 6.07) is 16.2. The number of thiazole rings is 6. The molecule has 0 fully saturated rings. The molecule has 6 N–H and O–H groups in total. The van der Waals surface area contributed by atoms with Crippen molar-refractivity contribution in [1.82, 2.24) is 56.2 Å². The van der Waals surface area contributed by atoms with Gasteiger partial charge in [-0.05, 0) is 54.8 Å². The molecule has 0 saturated carbocycles. The molecule has 0 spiro atoms. The first-order chi connectivity index (χ1) is 41.0. The number of aromatic nitrogens is 7. The number of fused-ring (bicyclic) bond motifs is 14. The molecule has 85 heavy (non-hydrogen) atoms.